The first-order valence-corrected chi connectivity index (χ1v) is 7.06. The van der Waals surface area contributed by atoms with Gasteiger partial charge in [-0.05, 0) is 18.9 Å². The Morgan fingerprint density at radius 2 is 1.89 bits per heavy atom. The van der Waals surface area contributed by atoms with E-state index in [4.69, 9.17) is 18.0 Å². The molecule has 0 amide bonds. The standard InChI is InChI=1S/C13H20N4S/c14-12(18)11-8-9-15-13(17-11)16-10-6-4-2-1-3-5-7-10/h8-10H,1-7H2,(H2,14,18)(H,15,16,17). The first-order chi connectivity index (χ1) is 8.75. The predicted molar refractivity (Wildman–Crippen MR) is 77.6 cm³/mol. The third-order valence-electron chi connectivity index (χ3n) is 3.35. The van der Waals surface area contributed by atoms with Crippen molar-refractivity contribution in [3.8, 4) is 0 Å². The zero-order chi connectivity index (χ0) is 12.8. The Morgan fingerprint density at radius 3 is 2.56 bits per heavy atom. The highest BCUT2D eigenvalue weighted by Crippen LogP contribution is 2.19. The van der Waals surface area contributed by atoms with E-state index < -0.39 is 0 Å². The Bertz CT molecular complexity index is 400. The van der Waals surface area contributed by atoms with Gasteiger partial charge in [-0.15, -0.1) is 0 Å². The summed E-state index contributed by atoms with van der Waals surface area (Å²) in [5, 5.41) is 3.41. The number of thiocarbonyl (C=S) groups is 1. The molecule has 1 aliphatic carbocycles. The number of hydrogen-bond donors (Lipinski definition) is 2. The van der Waals surface area contributed by atoms with Gasteiger partial charge in [-0.1, -0.05) is 44.3 Å². The Morgan fingerprint density at radius 1 is 1.22 bits per heavy atom. The molecular weight excluding hydrogens is 244 g/mol. The van der Waals surface area contributed by atoms with Gasteiger partial charge in [-0.3, -0.25) is 0 Å². The molecule has 98 valence electrons. The summed E-state index contributed by atoms with van der Waals surface area (Å²) in [5.41, 5.74) is 6.21. The topological polar surface area (TPSA) is 63.8 Å². The number of nitrogens with zero attached hydrogens (tertiary/aromatic N) is 2. The maximum Gasteiger partial charge on any atom is 0.223 e. The first kappa shape index (κ1) is 13.2. The summed E-state index contributed by atoms with van der Waals surface area (Å²) >= 11 is 4.93. The van der Waals surface area contributed by atoms with Crippen molar-refractivity contribution in [2.24, 2.45) is 5.73 Å². The monoisotopic (exact) mass is 264 g/mol. The maximum absolute atomic E-state index is 5.57. The summed E-state index contributed by atoms with van der Waals surface area (Å²) in [4.78, 5) is 8.88. The van der Waals surface area contributed by atoms with Gasteiger partial charge in [0.25, 0.3) is 0 Å². The molecule has 4 nitrogen and oxygen atoms in total. The molecule has 1 aromatic heterocycles. The Balaban J connectivity index is 1.98. The van der Waals surface area contributed by atoms with E-state index in [0.29, 0.717) is 22.7 Å². The average Bonchev–Trinajstić information content (AvgIpc) is 2.33. The molecule has 1 aliphatic rings. The van der Waals surface area contributed by atoms with E-state index in [2.05, 4.69) is 15.3 Å². The Kier molecular flexibility index (Phi) is 4.87. The number of hydrogen-bond acceptors (Lipinski definition) is 4. The zero-order valence-electron chi connectivity index (χ0n) is 10.6. The lowest BCUT2D eigenvalue weighted by molar-refractivity contribution is 0.470. The van der Waals surface area contributed by atoms with Crippen LogP contribution in [-0.4, -0.2) is 21.0 Å². The van der Waals surface area contributed by atoms with Crippen LogP contribution in [0.2, 0.25) is 0 Å². The van der Waals surface area contributed by atoms with E-state index in [0.717, 1.165) is 0 Å². The van der Waals surface area contributed by atoms with E-state index in [9.17, 15) is 0 Å². The van der Waals surface area contributed by atoms with Crippen molar-refractivity contribution in [3.05, 3.63) is 18.0 Å². The molecule has 0 radical (unpaired) electrons. The van der Waals surface area contributed by atoms with Crippen LogP contribution in [0.5, 0.6) is 0 Å². The van der Waals surface area contributed by atoms with Crippen LogP contribution >= 0.6 is 12.2 Å². The molecule has 2 rings (SSSR count). The fourth-order valence-electron chi connectivity index (χ4n) is 2.35. The van der Waals surface area contributed by atoms with Crippen molar-refractivity contribution >= 4 is 23.2 Å². The lowest BCUT2D eigenvalue weighted by Gasteiger charge is -2.21. The van der Waals surface area contributed by atoms with Gasteiger partial charge in [0.15, 0.2) is 0 Å². The van der Waals surface area contributed by atoms with Crippen LogP contribution in [0.15, 0.2) is 12.3 Å². The molecule has 0 atom stereocenters. The highest BCUT2D eigenvalue weighted by Gasteiger charge is 2.12. The van der Waals surface area contributed by atoms with Gasteiger partial charge in [0.2, 0.25) is 5.95 Å². The predicted octanol–water partition coefficient (Wildman–Crippen LogP) is 2.64. The lowest BCUT2D eigenvalue weighted by atomic mass is 9.97. The normalized spacial score (nSPS) is 17.8. The molecule has 0 aromatic carbocycles. The number of anilines is 1. The SMILES string of the molecule is NC(=S)c1ccnc(NC2CCCCCCC2)n1. The van der Waals surface area contributed by atoms with E-state index >= 15 is 0 Å². The van der Waals surface area contributed by atoms with E-state index in [1.807, 2.05) is 0 Å². The highest BCUT2D eigenvalue weighted by atomic mass is 32.1. The fraction of sp³-hybridized carbons (Fsp3) is 0.615. The van der Waals surface area contributed by atoms with Crippen molar-refractivity contribution in [2.45, 2.75) is 51.0 Å². The van der Waals surface area contributed by atoms with Gasteiger partial charge in [0, 0.05) is 12.2 Å². The minimum atomic E-state index is 0.318. The summed E-state index contributed by atoms with van der Waals surface area (Å²) < 4.78 is 0. The number of nitrogens with one attached hydrogen (secondary N) is 1. The molecule has 1 heterocycles. The van der Waals surface area contributed by atoms with Crippen LogP contribution in [0.4, 0.5) is 5.95 Å². The molecule has 0 saturated heterocycles. The second kappa shape index (κ2) is 6.64. The summed E-state index contributed by atoms with van der Waals surface area (Å²) in [5.74, 6) is 0.644. The molecule has 0 bridgehead atoms. The van der Waals surface area contributed by atoms with Crippen LogP contribution < -0.4 is 11.1 Å². The summed E-state index contributed by atoms with van der Waals surface area (Å²) in [6, 6.07) is 2.22. The minimum Gasteiger partial charge on any atom is -0.388 e. The maximum atomic E-state index is 5.57. The quantitative estimate of drug-likeness (QED) is 0.822. The van der Waals surface area contributed by atoms with Gasteiger partial charge in [-0.2, -0.15) is 0 Å². The third-order valence-corrected chi connectivity index (χ3v) is 3.56. The van der Waals surface area contributed by atoms with E-state index in [-0.39, 0.29) is 0 Å². The van der Waals surface area contributed by atoms with Gasteiger partial charge >= 0.3 is 0 Å². The molecule has 1 saturated carbocycles. The average molecular weight is 264 g/mol. The molecule has 0 spiro atoms. The number of rotatable bonds is 3. The van der Waals surface area contributed by atoms with Gasteiger partial charge in [-0.25, -0.2) is 9.97 Å². The first-order valence-electron chi connectivity index (χ1n) is 6.65. The van der Waals surface area contributed by atoms with Gasteiger partial charge in [0.05, 0.1) is 0 Å². The molecule has 0 unspecified atom stereocenters. The van der Waals surface area contributed by atoms with Crippen molar-refractivity contribution < 1.29 is 0 Å². The lowest BCUT2D eigenvalue weighted by Crippen LogP contribution is -2.23. The summed E-state index contributed by atoms with van der Waals surface area (Å²) in [7, 11) is 0. The smallest absolute Gasteiger partial charge is 0.223 e. The highest BCUT2D eigenvalue weighted by molar-refractivity contribution is 7.80. The summed E-state index contributed by atoms with van der Waals surface area (Å²) in [6.07, 6.45) is 10.7. The van der Waals surface area contributed by atoms with Crippen LogP contribution in [0.1, 0.15) is 50.6 Å². The second-order valence-electron chi connectivity index (χ2n) is 4.82. The molecular formula is C13H20N4S. The molecule has 1 fully saturated rings. The summed E-state index contributed by atoms with van der Waals surface area (Å²) in [6.45, 7) is 0. The Hall–Kier alpha value is -1.23. The minimum absolute atomic E-state index is 0.318. The number of aromatic nitrogens is 2. The van der Waals surface area contributed by atoms with Gasteiger partial charge in [0.1, 0.15) is 10.7 Å². The zero-order valence-corrected chi connectivity index (χ0v) is 11.4. The molecule has 3 N–H and O–H groups in total. The van der Waals surface area contributed by atoms with Crippen LogP contribution in [0, 0.1) is 0 Å². The van der Waals surface area contributed by atoms with Crippen molar-refractivity contribution in [3.63, 3.8) is 0 Å². The molecule has 0 aliphatic heterocycles. The number of nitrogens with two attached hydrogens (primary N) is 1. The third kappa shape index (κ3) is 3.91. The van der Waals surface area contributed by atoms with Crippen LogP contribution in [-0.2, 0) is 0 Å². The molecule has 1 aromatic rings. The largest absolute Gasteiger partial charge is 0.388 e. The van der Waals surface area contributed by atoms with E-state index in [1.165, 1.54) is 44.9 Å². The Labute approximate surface area is 113 Å². The molecule has 5 heteroatoms. The van der Waals surface area contributed by atoms with Crippen molar-refractivity contribution in [2.75, 3.05) is 5.32 Å². The van der Waals surface area contributed by atoms with Crippen molar-refractivity contribution in [1.82, 2.24) is 9.97 Å². The second-order valence-corrected chi connectivity index (χ2v) is 5.26. The van der Waals surface area contributed by atoms with Crippen LogP contribution in [0.25, 0.3) is 0 Å². The van der Waals surface area contributed by atoms with Gasteiger partial charge < -0.3 is 11.1 Å². The molecule has 18 heavy (non-hydrogen) atoms. The van der Waals surface area contributed by atoms with Crippen molar-refractivity contribution in [1.29, 1.82) is 0 Å². The van der Waals surface area contributed by atoms with Crippen LogP contribution in [0.3, 0.4) is 0 Å². The fourth-order valence-corrected chi connectivity index (χ4v) is 2.46. The van der Waals surface area contributed by atoms with E-state index in [1.54, 1.807) is 12.3 Å².